The molecule has 0 radical (unpaired) electrons. The van der Waals surface area contributed by atoms with Crippen LogP contribution in [0.1, 0.15) is 31.7 Å². The van der Waals surface area contributed by atoms with Crippen LogP contribution >= 0.6 is 23.2 Å². The maximum Gasteiger partial charge on any atom is 0.138 e. The number of rotatable bonds is 5. The summed E-state index contributed by atoms with van der Waals surface area (Å²) in [7, 11) is 0. The molecule has 0 spiro atoms. The van der Waals surface area contributed by atoms with Gasteiger partial charge in [0.25, 0.3) is 0 Å². The summed E-state index contributed by atoms with van der Waals surface area (Å²) >= 11 is 11.8. The topological polar surface area (TPSA) is 32.3 Å². The van der Waals surface area contributed by atoms with Gasteiger partial charge in [0.15, 0.2) is 0 Å². The van der Waals surface area contributed by atoms with Gasteiger partial charge in [0.2, 0.25) is 0 Å². The molecule has 94 valence electrons. The lowest BCUT2D eigenvalue weighted by Crippen LogP contribution is -2.23. The van der Waals surface area contributed by atoms with Crippen molar-refractivity contribution in [1.29, 1.82) is 0 Å². The van der Waals surface area contributed by atoms with E-state index in [0.717, 1.165) is 12.1 Å². The summed E-state index contributed by atoms with van der Waals surface area (Å²) in [5.41, 5.74) is 1.26. The second kappa shape index (κ2) is 5.05. The highest BCUT2D eigenvalue weighted by atomic mass is 35.5. The van der Waals surface area contributed by atoms with Crippen LogP contribution in [0.25, 0.3) is 0 Å². The molecular weight excluding hydrogens is 257 g/mol. The van der Waals surface area contributed by atoms with Crippen molar-refractivity contribution in [3.63, 3.8) is 0 Å². The van der Waals surface area contributed by atoms with E-state index < -0.39 is 0 Å². The number of phenols is 1. The lowest BCUT2D eigenvalue weighted by Gasteiger charge is -2.14. The minimum atomic E-state index is 0.130. The van der Waals surface area contributed by atoms with E-state index in [1.54, 1.807) is 12.1 Å². The summed E-state index contributed by atoms with van der Waals surface area (Å²) in [6.45, 7) is 3.82. The molecule has 0 aromatic heterocycles. The molecule has 0 bridgehead atoms. The monoisotopic (exact) mass is 273 g/mol. The zero-order chi connectivity index (χ0) is 12.5. The molecule has 1 fully saturated rings. The highest BCUT2D eigenvalue weighted by Gasteiger charge is 2.39. The fraction of sp³-hybridized carbons (Fsp3) is 0.538. The van der Waals surface area contributed by atoms with E-state index in [-0.39, 0.29) is 5.75 Å². The fourth-order valence-corrected chi connectivity index (χ4v) is 2.58. The van der Waals surface area contributed by atoms with Crippen LogP contribution in [0.5, 0.6) is 5.75 Å². The first-order chi connectivity index (χ1) is 8.06. The van der Waals surface area contributed by atoms with Crippen molar-refractivity contribution >= 4 is 23.2 Å². The first-order valence-corrected chi connectivity index (χ1v) is 6.69. The fourth-order valence-electron chi connectivity index (χ4n) is 2.05. The summed E-state index contributed by atoms with van der Waals surface area (Å²) in [5, 5.41) is 14.0. The Morgan fingerprint density at radius 3 is 2.65 bits per heavy atom. The number of aromatic hydroxyl groups is 1. The van der Waals surface area contributed by atoms with Crippen LogP contribution in [0, 0.1) is 5.41 Å². The van der Waals surface area contributed by atoms with Crippen LogP contribution in [0.4, 0.5) is 0 Å². The Labute approximate surface area is 112 Å². The van der Waals surface area contributed by atoms with Gasteiger partial charge in [-0.25, -0.2) is 0 Å². The number of hydrogen-bond donors (Lipinski definition) is 2. The molecule has 2 N–H and O–H groups in total. The molecule has 1 aromatic carbocycles. The molecule has 0 atom stereocenters. The highest BCUT2D eigenvalue weighted by Crippen LogP contribution is 2.47. The Kier molecular flexibility index (Phi) is 3.86. The highest BCUT2D eigenvalue weighted by molar-refractivity contribution is 6.35. The SMILES string of the molecule is CCC1(CNCc2cc(Cl)cc(Cl)c2O)CC1. The zero-order valence-corrected chi connectivity index (χ0v) is 11.4. The Hall–Kier alpha value is -0.440. The van der Waals surface area contributed by atoms with Crippen LogP contribution in [0.3, 0.4) is 0 Å². The van der Waals surface area contributed by atoms with E-state index in [1.807, 2.05) is 0 Å². The molecule has 1 aliphatic carbocycles. The summed E-state index contributed by atoms with van der Waals surface area (Å²) in [4.78, 5) is 0. The Balaban J connectivity index is 1.95. The van der Waals surface area contributed by atoms with Gasteiger partial charge in [-0.1, -0.05) is 30.1 Å². The van der Waals surface area contributed by atoms with Crippen LogP contribution in [0.15, 0.2) is 12.1 Å². The van der Waals surface area contributed by atoms with Crippen molar-refractivity contribution < 1.29 is 5.11 Å². The van der Waals surface area contributed by atoms with E-state index in [0.29, 0.717) is 22.0 Å². The van der Waals surface area contributed by atoms with Crippen molar-refractivity contribution in [3.8, 4) is 5.75 Å². The van der Waals surface area contributed by atoms with Crippen molar-refractivity contribution in [2.24, 2.45) is 5.41 Å². The molecule has 1 aliphatic rings. The van der Waals surface area contributed by atoms with Gasteiger partial charge in [0.1, 0.15) is 5.75 Å². The first-order valence-electron chi connectivity index (χ1n) is 5.94. The number of hydrogen-bond acceptors (Lipinski definition) is 2. The third-order valence-corrected chi connectivity index (χ3v) is 4.14. The number of phenolic OH excluding ortho intramolecular Hbond substituents is 1. The average molecular weight is 274 g/mol. The largest absolute Gasteiger partial charge is 0.506 e. The number of benzene rings is 1. The minimum Gasteiger partial charge on any atom is -0.506 e. The van der Waals surface area contributed by atoms with Crippen LogP contribution in [0.2, 0.25) is 10.0 Å². The van der Waals surface area contributed by atoms with Gasteiger partial charge < -0.3 is 10.4 Å². The van der Waals surface area contributed by atoms with Crippen LogP contribution in [-0.4, -0.2) is 11.7 Å². The van der Waals surface area contributed by atoms with Crippen molar-refractivity contribution in [3.05, 3.63) is 27.7 Å². The lowest BCUT2D eigenvalue weighted by atomic mass is 10.0. The quantitative estimate of drug-likeness (QED) is 0.851. The Morgan fingerprint density at radius 1 is 1.35 bits per heavy atom. The molecule has 17 heavy (non-hydrogen) atoms. The predicted molar refractivity (Wildman–Crippen MR) is 71.8 cm³/mol. The number of halogens is 2. The van der Waals surface area contributed by atoms with Crippen LogP contribution < -0.4 is 5.32 Å². The first kappa shape index (κ1) is 13.0. The van der Waals surface area contributed by atoms with Gasteiger partial charge in [0, 0.05) is 23.7 Å². The summed E-state index contributed by atoms with van der Waals surface area (Å²) in [6.07, 6.45) is 3.82. The van der Waals surface area contributed by atoms with E-state index in [9.17, 15) is 5.11 Å². The van der Waals surface area contributed by atoms with Crippen molar-refractivity contribution in [2.45, 2.75) is 32.7 Å². The summed E-state index contributed by atoms with van der Waals surface area (Å²) in [5.74, 6) is 0.130. The van der Waals surface area contributed by atoms with Crippen molar-refractivity contribution in [2.75, 3.05) is 6.54 Å². The summed E-state index contributed by atoms with van der Waals surface area (Å²) in [6, 6.07) is 3.30. The molecule has 0 amide bonds. The minimum absolute atomic E-state index is 0.130. The summed E-state index contributed by atoms with van der Waals surface area (Å²) < 4.78 is 0. The van der Waals surface area contributed by atoms with Gasteiger partial charge >= 0.3 is 0 Å². The smallest absolute Gasteiger partial charge is 0.138 e. The molecule has 0 heterocycles. The van der Waals surface area contributed by atoms with E-state index >= 15 is 0 Å². The van der Waals surface area contributed by atoms with Gasteiger partial charge in [-0.3, -0.25) is 0 Å². The molecule has 1 saturated carbocycles. The third kappa shape index (κ3) is 3.06. The van der Waals surface area contributed by atoms with E-state index in [2.05, 4.69) is 12.2 Å². The van der Waals surface area contributed by atoms with Crippen LogP contribution in [-0.2, 0) is 6.54 Å². The third-order valence-electron chi connectivity index (χ3n) is 3.63. The average Bonchev–Trinajstić information content (AvgIpc) is 3.06. The molecule has 2 nitrogen and oxygen atoms in total. The van der Waals surface area contributed by atoms with Gasteiger partial charge in [-0.05, 0) is 36.8 Å². The normalized spacial score (nSPS) is 17.1. The molecular formula is C13H17Cl2NO. The van der Waals surface area contributed by atoms with Gasteiger partial charge in [0.05, 0.1) is 5.02 Å². The standard InChI is InChI=1S/C13H17Cl2NO/c1-2-13(3-4-13)8-16-7-9-5-10(14)6-11(15)12(9)17/h5-6,16-17H,2-4,7-8H2,1H3. The van der Waals surface area contributed by atoms with E-state index in [4.69, 9.17) is 23.2 Å². The van der Waals surface area contributed by atoms with E-state index in [1.165, 1.54) is 19.3 Å². The molecule has 0 unspecified atom stereocenters. The molecule has 1 aromatic rings. The Bertz CT molecular complexity index is 416. The second-order valence-electron chi connectivity index (χ2n) is 4.85. The molecule has 0 aliphatic heterocycles. The van der Waals surface area contributed by atoms with Gasteiger partial charge in [-0.15, -0.1) is 0 Å². The molecule has 0 saturated heterocycles. The van der Waals surface area contributed by atoms with Gasteiger partial charge in [-0.2, -0.15) is 0 Å². The maximum atomic E-state index is 9.79. The predicted octanol–water partition coefficient (Wildman–Crippen LogP) is 3.98. The lowest BCUT2D eigenvalue weighted by molar-refractivity contribution is 0.432. The number of nitrogens with one attached hydrogen (secondary N) is 1. The Morgan fingerprint density at radius 2 is 2.06 bits per heavy atom. The second-order valence-corrected chi connectivity index (χ2v) is 5.70. The zero-order valence-electron chi connectivity index (χ0n) is 9.89. The molecule has 4 heteroatoms. The van der Waals surface area contributed by atoms with Crippen molar-refractivity contribution in [1.82, 2.24) is 5.32 Å². The molecule has 2 rings (SSSR count). The maximum absolute atomic E-state index is 9.79.